The molecule has 3 aromatic carbocycles. The van der Waals surface area contributed by atoms with E-state index in [1.54, 1.807) is 0 Å². The van der Waals surface area contributed by atoms with E-state index in [-0.39, 0.29) is 24.9 Å². The van der Waals surface area contributed by atoms with Gasteiger partial charge in [0.2, 0.25) is 5.91 Å². The van der Waals surface area contributed by atoms with Gasteiger partial charge in [0, 0.05) is 19.5 Å². The molecule has 4 nitrogen and oxygen atoms in total. The SMILES string of the molecule is CC(=O)N[C@@H](Cc1cc(F)cc(F)c1)[C@@H](O)CNC1c2ccccc2-c2ccc(C3CCCC3)cc21. The summed E-state index contributed by atoms with van der Waals surface area (Å²) < 4.78 is 27.4. The van der Waals surface area contributed by atoms with Crippen LogP contribution < -0.4 is 10.6 Å². The van der Waals surface area contributed by atoms with Crippen molar-refractivity contribution in [3.8, 4) is 11.1 Å². The van der Waals surface area contributed by atoms with Crippen LogP contribution in [0.5, 0.6) is 0 Å². The summed E-state index contributed by atoms with van der Waals surface area (Å²) in [5.41, 5.74) is 6.50. The first-order valence-electron chi connectivity index (χ1n) is 12.8. The van der Waals surface area contributed by atoms with Gasteiger partial charge in [-0.3, -0.25) is 4.79 Å². The maximum absolute atomic E-state index is 13.7. The van der Waals surface area contributed by atoms with Crippen LogP contribution in [0.3, 0.4) is 0 Å². The zero-order valence-corrected chi connectivity index (χ0v) is 20.4. The first kappa shape index (κ1) is 24.6. The number of amides is 1. The first-order valence-corrected chi connectivity index (χ1v) is 12.8. The fraction of sp³-hybridized carbons (Fsp3) is 0.367. The molecule has 36 heavy (non-hydrogen) atoms. The predicted octanol–water partition coefficient (Wildman–Crippen LogP) is 5.39. The van der Waals surface area contributed by atoms with Gasteiger partial charge in [0.05, 0.1) is 18.2 Å². The summed E-state index contributed by atoms with van der Waals surface area (Å²) in [6, 6.07) is 17.6. The Morgan fingerprint density at radius 1 is 0.972 bits per heavy atom. The first-order chi connectivity index (χ1) is 17.4. The summed E-state index contributed by atoms with van der Waals surface area (Å²) in [5.74, 6) is -1.08. The van der Waals surface area contributed by atoms with E-state index in [1.807, 2.05) is 12.1 Å². The molecule has 3 atom stereocenters. The largest absolute Gasteiger partial charge is 0.390 e. The molecule has 0 radical (unpaired) electrons. The molecule has 0 spiro atoms. The lowest BCUT2D eigenvalue weighted by Crippen LogP contribution is -2.48. The van der Waals surface area contributed by atoms with Crippen LogP contribution in [0.4, 0.5) is 8.78 Å². The Kier molecular flexibility index (Phi) is 7.17. The highest BCUT2D eigenvalue weighted by Crippen LogP contribution is 2.45. The topological polar surface area (TPSA) is 61.4 Å². The molecule has 0 aromatic heterocycles. The van der Waals surface area contributed by atoms with Crippen molar-refractivity contribution in [2.45, 2.75) is 63.1 Å². The highest BCUT2D eigenvalue weighted by atomic mass is 19.1. The van der Waals surface area contributed by atoms with Gasteiger partial charge in [-0.15, -0.1) is 0 Å². The van der Waals surface area contributed by atoms with Crippen molar-refractivity contribution in [1.82, 2.24) is 10.6 Å². The minimum absolute atomic E-state index is 0.0863. The standard InChI is InChI=1S/C30H32F2N2O2/c1-18(35)34-28(14-19-12-22(31)16-23(32)13-19)29(36)17-33-30-26-9-5-4-8-24(26)25-11-10-21(15-27(25)30)20-6-2-3-7-20/h4-5,8-13,15-16,20,28-30,33,36H,2-3,6-7,14,17H2,1H3,(H,34,35)/t28-,29-,30?/m0/s1. The third-order valence-electron chi connectivity index (χ3n) is 7.54. The molecule has 0 saturated heterocycles. The number of hydrogen-bond donors (Lipinski definition) is 3. The number of aliphatic hydroxyl groups is 1. The van der Waals surface area contributed by atoms with E-state index in [0.717, 1.165) is 11.6 Å². The number of halogens is 2. The molecule has 0 bridgehead atoms. The van der Waals surface area contributed by atoms with Crippen molar-refractivity contribution in [1.29, 1.82) is 0 Å². The summed E-state index contributed by atoms with van der Waals surface area (Å²) >= 11 is 0. The van der Waals surface area contributed by atoms with Crippen LogP contribution in [-0.2, 0) is 11.2 Å². The number of aliphatic hydroxyl groups excluding tert-OH is 1. The lowest BCUT2D eigenvalue weighted by atomic mass is 9.93. The van der Waals surface area contributed by atoms with Crippen molar-refractivity contribution in [2.75, 3.05) is 6.54 Å². The number of benzene rings is 3. The van der Waals surface area contributed by atoms with Crippen LogP contribution >= 0.6 is 0 Å². The molecule has 0 heterocycles. The normalized spacial score (nSPS) is 18.5. The van der Waals surface area contributed by atoms with E-state index in [1.165, 1.54) is 67.0 Å². The number of carbonyl (C=O) groups excluding carboxylic acids is 1. The predicted molar refractivity (Wildman–Crippen MR) is 137 cm³/mol. The Balaban J connectivity index is 1.37. The lowest BCUT2D eigenvalue weighted by molar-refractivity contribution is -0.120. The second kappa shape index (κ2) is 10.5. The minimum Gasteiger partial charge on any atom is -0.390 e. The minimum atomic E-state index is -0.963. The lowest BCUT2D eigenvalue weighted by Gasteiger charge is -2.26. The average molecular weight is 491 g/mol. The van der Waals surface area contributed by atoms with Gasteiger partial charge in [0.25, 0.3) is 0 Å². The molecule has 2 aliphatic rings. The molecule has 1 amide bonds. The number of carbonyl (C=O) groups is 1. The maximum atomic E-state index is 13.7. The third-order valence-corrected chi connectivity index (χ3v) is 7.54. The summed E-state index contributed by atoms with van der Waals surface area (Å²) in [7, 11) is 0. The fourth-order valence-electron chi connectivity index (χ4n) is 5.87. The molecule has 0 aliphatic heterocycles. The smallest absolute Gasteiger partial charge is 0.217 e. The van der Waals surface area contributed by atoms with Gasteiger partial charge in [-0.2, -0.15) is 0 Å². The zero-order chi connectivity index (χ0) is 25.2. The Bertz CT molecular complexity index is 1240. The number of hydrogen-bond acceptors (Lipinski definition) is 3. The number of nitrogens with one attached hydrogen (secondary N) is 2. The highest BCUT2D eigenvalue weighted by Gasteiger charge is 2.31. The van der Waals surface area contributed by atoms with Crippen molar-refractivity contribution in [3.63, 3.8) is 0 Å². The summed E-state index contributed by atoms with van der Waals surface area (Å²) in [4.78, 5) is 11.8. The van der Waals surface area contributed by atoms with Gasteiger partial charge < -0.3 is 15.7 Å². The van der Waals surface area contributed by atoms with E-state index >= 15 is 0 Å². The molecule has 1 unspecified atom stereocenters. The van der Waals surface area contributed by atoms with Crippen LogP contribution in [-0.4, -0.2) is 29.7 Å². The summed E-state index contributed by atoms with van der Waals surface area (Å²) in [5, 5.41) is 17.4. The molecular formula is C30H32F2N2O2. The van der Waals surface area contributed by atoms with Crippen LogP contribution in [0.15, 0.2) is 60.7 Å². The van der Waals surface area contributed by atoms with E-state index in [0.29, 0.717) is 11.5 Å². The van der Waals surface area contributed by atoms with Crippen molar-refractivity contribution < 1.29 is 18.7 Å². The number of fused-ring (bicyclic) bond motifs is 3. The molecule has 6 heteroatoms. The Hall–Kier alpha value is -3.09. The van der Waals surface area contributed by atoms with Crippen LogP contribution in [0.2, 0.25) is 0 Å². The van der Waals surface area contributed by atoms with E-state index in [9.17, 15) is 18.7 Å². The van der Waals surface area contributed by atoms with Crippen molar-refractivity contribution in [3.05, 3.63) is 94.6 Å². The average Bonchev–Trinajstić information content (AvgIpc) is 3.48. The second-order valence-electron chi connectivity index (χ2n) is 10.1. The summed E-state index contributed by atoms with van der Waals surface area (Å²) in [6.45, 7) is 1.57. The Morgan fingerprint density at radius 2 is 1.67 bits per heavy atom. The molecule has 3 aromatic rings. The van der Waals surface area contributed by atoms with Crippen molar-refractivity contribution in [2.24, 2.45) is 0 Å². The van der Waals surface area contributed by atoms with Gasteiger partial charge in [-0.25, -0.2) is 8.78 Å². The van der Waals surface area contributed by atoms with E-state index in [2.05, 4.69) is 41.0 Å². The van der Waals surface area contributed by atoms with Gasteiger partial charge >= 0.3 is 0 Å². The monoisotopic (exact) mass is 490 g/mol. The molecule has 2 aliphatic carbocycles. The molecular weight excluding hydrogens is 458 g/mol. The summed E-state index contributed by atoms with van der Waals surface area (Å²) in [6.07, 6.45) is 4.14. The fourth-order valence-corrected chi connectivity index (χ4v) is 5.87. The van der Waals surface area contributed by atoms with Crippen molar-refractivity contribution >= 4 is 5.91 Å². The van der Waals surface area contributed by atoms with Crippen LogP contribution in [0, 0.1) is 11.6 Å². The third kappa shape index (κ3) is 5.20. The quantitative estimate of drug-likeness (QED) is 0.397. The molecule has 1 saturated carbocycles. The second-order valence-corrected chi connectivity index (χ2v) is 10.1. The van der Waals surface area contributed by atoms with Gasteiger partial charge in [0.15, 0.2) is 0 Å². The van der Waals surface area contributed by atoms with Gasteiger partial charge in [0.1, 0.15) is 11.6 Å². The molecule has 5 rings (SSSR count). The Labute approximate surface area is 210 Å². The Morgan fingerprint density at radius 3 is 2.39 bits per heavy atom. The maximum Gasteiger partial charge on any atom is 0.217 e. The molecule has 3 N–H and O–H groups in total. The van der Waals surface area contributed by atoms with Crippen LogP contribution in [0.1, 0.15) is 66.8 Å². The van der Waals surface area contributed by atoms with Gasteiger partial charge in [-0.05, 0) is 70.7 Å². The van der Waals surface area contributed by atoms with Gasteiger partial charge in [-0.1, -0.05) is 55.3 Å². The zero-order valence-electron chi connectivity index (χ0n) is 20.4. The highest BCUT2D eigenvalue weighted by molar-refractivity contribution is 5.79. The van der Waals surface area contributed by atoms with Crippen LogP contribution in [0.25, 0.3) is 11.1 Å². The number of rotatable bonds is 8. The molecule has 188 valence electrons. The van der Waals surface area contributed by atoms with E-state index in [4.69, 9.17) is 0 Å². The molecule has 1 fully saturated rings. The van der Waals surface area contributed by atoms with E-state index < -0.39 is 23.8 Å².